The van der Waals surface area contributed by atoms with E-state index < -0.39 is 0 Å². The number of amides is 1. The van der Waals surface area contributed by atoms with Crippen molar-refractivity contribution in [2.75, 3.05) is 13.1 Å². The molecule has 4 N–H and O–H groups in total. The van der Waals surface area contributed by atoms with E-state index in [0.717, 1.165) is 62.2 Å². The molecule has 2 aromatic rings. The van der Waals surface area contributed by atoms with Gasteiger partial charge in [0.05, 0.1) is 11.6 Å². The number of nitrogens with zero attached hydrogens (tertiary/aromatic N) is 3. The van der Waals surface area contributed by atoms with Gasteiger partial charge in [-0.05, 0) is 44.1 Å². The standard InChI is InChI=1S/C21H29N5OS/c1-2-13-26(14-7-10-15-8-4-3-5-9-15)19(27)16-11-6-12-17-18(16)24-21(28-17)25-20(22)23/h3-5,8-9,16H,2,6-7,10-14H2,1H3,(H4,22,23,24,25). The molecule has 150 valence electrons. The van der Waals surface area contributed by atoms with Crippen LogP contribution in [0.5, 0.6) is 0 Å². The lowest BCUT2D eigenvalue weighted by atomic mass is 9.89. The minimum absolute atomic E-state index is 0.00231. The van der Waals surface area contributed by atoms with Gasteiger partial charge in [-0.1, -0.05) is 48.6 Å². The first kappa shape index (κ1) is 20.3. The second-order valence-electron chi connectivity index (χ2n) is 7.20. The van der Waals surface area contributed by atoms with Crippen LogP contribution in [0.25, 0.3) is 0 Å². The molecule has 0 saturated carbocycles. The molecule has 1 aliphatic rings. The zero-order chi connectivity index (χ0) is 19.9. The number of carbonyl (C=O) groups is 1. The predicted molar refractivity (Wildman–Crippen MR) is 115 cm³/mol. The smallest absolute Gasteiger partial charge is 0.231 e. The zero-order valence-electron chi connectivity index (χ0n) is 16.4. The molecule has 28 heavy (non-hydrogen) atoms. The Morgan fingerprint density at radius 3 is 2.79 bits per heavy atom. The fourth-order valence-electron chi connectivity index (χ4n) is 3.75. The molecule has 0 saturated heterocycles. The number of hydrogen-bond donors (Lipinski definition) is 2. The molecule has 1 aromatic heterocycles. The number of rotatable bonds is 8. The van der Waals surface area contributed by atoms with E-state index in [1.807, 2.05) is 11.0 Å². The number of aliphatic imine (C=N–C) groups is 1. The van der Waals surface area contributed by atoms with Crippen LogP contribution < -0.4 is 11.5 Å². The number of nitrogens with two attached hydrogens (primary N) is 2. The van der Waals surface area contributed by atoms with Gasteiger partial charge in [0.25, 0.3) is 0 Å². The average molecular weight is 400 g/mol. The van der Waals surface area contributed by atoms with Gasteiger partial charge >= 0.3 is 0 Å². The maximum absolute atomic E-state index is 13.3. The van der Waals surface area contributed by atoms with Crippen molar-refractivity contribution < 1.29 is 4.79 Å². The third kappa shape index (κ3) is 5.10. The molecule has 1 aliphatic carbocycles. The van der Waals surface area contributed by atoms with E-state index in [2.05, 4.69) is 41.2 Å². The Hall–Kier alpha value is -2.41. The fraction of sp³-hybridized carbons (Fsp3) is 0.476. The number of hydrogen-bond acceptors (Lipinski definition) is 4. The summed E-state index contributed by atoms with van der Waals surface area (Å²) in [5.41, 5.74) is 13.2. The Bertz CT molecular complexity index is 813. The highest BCUT2D eigenvalue weighted by Crippen LogP contribution is 2.38. The number of benzene rings is 1. The van der Waals surface area contributed by atoms with Crippen LogP contribution in [0.2, 0.25) is 0 Å². The third-order valence-corrected chi connectivity index (χ3v) is 6.03. The number of fused-ring (bicyclic) bond motifs is 1. The summed E-state index contributed by atoms with van der Waals surface area (Å²) in [7, 11) is 0. The van der Waals surface area contributed by atoms with Crippen LogP contribution >= 0.6 is 11.3 Å². The molecule has 3 rings (SSSR count). The molecule has 7 heteroatoms. The van der Waals surface area contributed by atoms with Gasteiger partial charge in [0.1, 0.15) is 0 Å². The summed E-state index contributed by atoms with van der Waals surface area (Å²) in [6.45, 7) is 3.67. The van der Waals surface area contributed by atoms with Crippen LogP contribution in [0, 0.1) is 0 Å². The molecule has 1 unspecified atom stereocenters. The molecule has 0 bridgehead atoms. The Morgan fingerprint density at radius 1 is 1.29 bits per heavy atom. The maximum atomic E-state index is 13.3. The lowest BCUT2D eigenvalue weighted by molar-refractivity contribution is -0.133. The number of aryl methyl sites for hydroxylation is 2. The highest BCUT2D eigenvalue weighted by atomic mass is 32.1. The van der Waals surface area contributed by atoms with Gasteiger partial charge < -0.3 is 16.4 Å². The van der Waals surface area contributed by atoms with Crippen molar-refractivity contribution in [3.8, 4) is 0 Å². The van der Waals surface area contributed by atoms with Gasteiger partial charge in [-0.25, -0.2) is 4.98 Å². The van der Waals surface area contributed by atoms with Gasteiger partial charge in [-0.3, -0.25) is 4.79 Å². The second kappa shape index (κ2) is 9.68. The molecule has 1 amide bonds. The second-order valence-corrected chi connectivity index (χ2v) is 8.26. The van der Waals surface area contributed by atoms with Crippen LogP contribution in [-0.2, 0) is 17.6 Å². The van der Waals surface area contributed by atoms with Gasteiger partial charge in [0.15, 0.2) is 5.96 Å². The van der Waals surface area contributed by atoms with Crippen molar-refractivity contribution >= 4 is 28.3 Å². The highest BCUT2D eigenvalue weighted by molar-refractivity contribution is 7.15. The topological polar surface area (TPSA) is 97.6 Å². The van der Waals surface area contributed by atoms with E-state index in [4.69, 9.17) is 11.5 Å². The highest BCUT2D eigenvalue weighted by Gasteiger charge is 2.32. The summed E-state index contributed by atoms with van der Waals surface area (Å²) in [5.74, 6) is 0.0196. The summed E-state index contributed by atoms with van der Waals surface area (Å²) in [6.07, 6.45) is 5.68. The van der Waals surface area contributed by atoms with E-state index in [-0.39, 0.29) is 17.8 Å². The summed E-state index contributed by atoms with van der Waals surface area (Å²) in [6, 6.07) is 10.4. The van der Waals surface area contributed by atoms with Crippen LogP contribution in [0.3, 0.4) is 0 Å². The van der Waals surface area contributed by atoms with Gasteiger partial charge in [-0.15, -0.1) is 0 Å². The third-order valence-electron chi connectivity index (χ3n) is 5.01. The van der Waals surface area contributed by atoms with Crippen LogP contribution in [0.1, 0.15) is 54.7 Å². The average Bonchev–Trinajstić information content (AvgIpc) is 3.09. The van der Waals surface area contributed by atoms with Crippen molar-refractivity contribution in [3.63, 3.8) is 0 Å². The van der Waals surface area contributed by atoms with E-state index in [1.165, 1.54) is 16.9 Å². The molecule has 1 heterocycles. The van der Waals surface area contributed by atoms with Crippen molar-refractivity contribution in [2.45, 2.75) is 51.4 Å². The number of carbonyl (C=O) groups excluding carboxylic acids is 1. The van der Waals surface area contributed by atoms with Crippen molar-refractivity contribution in [1.29, 1.82) is 0 Å². The molecule has 1 aromatic carbocycles. The van der Waals surface area contributed by atoms with Crippen LogP contribution in [0.15, 0.2) is 35.3 Å². The predicted octanol–water partition coefficient (Wildman–Crippen LogP) is 3.34. The fourth-order valence-corrected chi connectivity index (χ4v) is 4.80. The lowest BCUT2D eigenvalue weighted by Gasteiger charge is -2.28. The summed E-state index contributed by atoms with van der Waals surface area (Å²) in [4.78, 5) is 25.2. The minimum Gasteiger partial charge on any atom is -0.370 e. The normalized spacial score (nSPS) is 15.7. The Balaban J connectivity index is 1.69. The quantitative estimate of drug-likeness (QED) is 0.525. The van der Waals surface area contributed by atoms with E-state index >= 15 is 0 Å². The van der Waals surface area contributed by atoms with E-state index in [9.17, 15) is 4.79 Å². The molecule has 1 atom stereocenters. The summed E-state index contributed by atoms with van der Waals surface area (Å²) >= 11 is 1.50. The molecular weight excluding hydrogens is 370 g/mol. The Labute approximate surface area is 170 Å². The molecule has 0 spiro atoms. The van der Waals surface area contributed by atoms with Crippen molar-refractivity contribution in [1.82, 2.24) is 9.88 Å². The molecule has 0 aliphatic heterocycles. The van der Waals surface area contributed by atoms with Crippen molar-refractivity contribution in [2.24, 2.45) is 16.5 Å². The van der Waals surface area contributed by atoms with Crippen LogP contribution in [0.4, 0.5) is 5.13 Å². The lowest BCUT2D eigenvalue weighted by Crippen LogP contribution is -2.37. The summed E-state index contributed by atoms with van der Waals surface area (Å²) in [5, 5.41) is 0.552. The SMILES string of the molecule is CCCN(CCCc1ccccc1)C(=O)C1CCCc2sc(N=C(N)N)nc21. The Morgan fingerprint density at radius 2 is 2.07 bits per heavy atom. The number of aromatic nitrogens is 1. The number of guanidine groups is 1. The van der Waals surface area contributed by atoms with Crippen LogP contribution in [-0.4, -0.2) is 34.8 Å². The van der Waals surface area contributed by atoms with E-state index in [1.54, 1.807) is 0 Å². The minimum atomic E-state index is -0.175. The van der Waals surface area contributed by atoms with Gasteiger partial charge in [0, 0.05) is 18.0 Å². The first-order chi connectivity index (χ1) is 13.6. The molecule has 0 radical (unpaired) electrons. The molecule has 6 nitrogen and oxygen atoms in total. The first-order valence-corrected chi connectivity index (χ1v) is 10.8. The largest absolute Gasteiger partial charge is 0.370 e. The molecular formula is C21H29N5OS. The number of thiazole rings is 1. The van der Waals surface area contributed by atoms with E-state index in [0.29, 0.717) is 5.13 Å². The Kier molecular flexibility index (Phi) is 7.03. The molecule has 0 fully saturated rings. The summed E-state index contributed by atoms with van der Waals surface area (Å²) < 4.78 is 0. The first-order valence-electron chi connectivity index (χ1n) is 10.0. The monoisotopic (exact) mass is 399 g/mol. The maximum Gasteiger partial charge on any atom is 0.231 e. The zero-order valence-corrected chi connectivity index (χ0v) is 17.3. The van der Waals surface area contributed by atoms with Gasteiger partial charge in [0.2, 0.25) is 11.0 Å². The van der Waals surface area contributed by atoms with Gasteiger partial charge in [-0.2, -0.15) is 4.99 Å². The van der Waals surface area contributed by atoms with Crippen molar-refractivity contribution in [3.05, 3.63) is 46.5 Å².